The number of aromatic nitrogens is 2. The first-order valence-electron chi connectivity index (χ1n) is 3.07. The van der Waals surface area contributed by atoms with Gasteiger partial charge in [0.05, 0.1) is 12.0 Å². The molecule has 0 amide bonds. The molecule has 0 fully saturated rings. The summed E-state index contributed by atoms with van der Waals surface area (Å²) in [4.78, 5) is 3.69. The van der Waals surface area contributed by atoms with Crippen molar-refractivity contribution in [3.8, 4) is 0 Å². The molecule has 1 rings (SSSR count). The van der Waals surface area contributed by atoms with Crippen LogP contribution in [-0.4, -0.2) is 21.3 Å². The highest BCUT2D eigenvalue weighted by atomic mass is 35.5. The fourth-order valence-electron chi connectivity index (χ4n) is 0.857. The van der Waals surface area contributed by atoms with Crippen LogP contribution in [0.5, 0.6) is 0 Å². The van der Waals surface area contributed by atoms with Crippen LogP contribution in [0.15, 0.2) is 6.33 Å². The first-order chi connectivity index (χ1) is 5.16. The fraction of sp³-hybridized carbons (Fsp3) is 0.500. The molecule has 0 aliphatic rings. The first kappa shape index (κ1) is 8.49. The minimum absolute atomic E-state index is 0.151. The molecule has 1 atom stereocenters. The normalized spacial score (nSPS) is 13.5. The Bertz CT molecular complexity index is 231. The first-order valence-corrected chi connectivity index (χ1v) is 3.45. The molecule has 1 unspecified atom stereocenters. The van der Waals surface area contributed by atoms with E-state index >= 15 is 0 Å². The topological polar surface area (TPSA) is 38.0 Å². The third-order valence-electron chi connectivity index (χ3n) is 1.40. The zero-order chi connectivity index (χ0) is 8.43. The predicted octanol–water partition coefficient (Wildman–Crippen LogP) is 1.08. The second-order valence-electron chi connectivity index (χ2n) is 2.20. The number of halogens is 2. The van der Waals surface area contributed by atoms with Crippen LogP contribution in [0, 0.1) is 0 Å². The molecule has 11 heavy (non-hydrogen) atoms. The number of aliphatic hydroxyl groups excluding tert-OH is 1. The van der Waals surface area contributed by atoms with E-state index in [1.54, 1.807) is 7.05 Å². The molecule has 1 aromatic rings. The Kier molecular flexibility index (Phi) is 2.46. The standard InChI is InChI=1S/C6H8ClFN2O/c1-10-3-9-6(7)5(10)4(11)2-8/h3-4,11H,2H2,1H3. The van der Waals surface area contributed by atoms with Crippen molar-refractivity contribution in [1.29, 1.82) is 0 Å². The Balaban J connectivity index is 3.00. The van der Waals surface area contributed by atoms with Gasteiger partial charge in [0.25, 0.3) is 0 Å². The molecular formula is C6H8ClFN2O. The average Bonchev–Trinajstić information content (AvgIpc) is 2.30. The summed E-state index contributed by atoms with van der Waals surface area (Å²) in [5.74, 6) is 0. The van der Waals surface area contributed by atoms with E-state index in [9.17, 15) is 4.39 Å². The summed E-state index contributed by atoms with van der Waals surface area (Å²) in [6.45, 7) is -0.848. The van der Waals surface area contributed by atoms with E-state index in [0.717, 1.165) is 0 Å². The SMILES string of the molecule is Cn1cnc(Cl)c1C(O)CF. The van der Waals surface area contributed by atoms with Crippen molar-refractivity contribution in [1.82, 2.24) is 9.55 Å². The minimum Gasteiger partial charge on any atom is -0.384 e. The van der Waals surface area contributed by atoms with Gasteiger partial charge in [0.2, 0.25) is 0 Å². The van der Waals surface area contributed by atoms with Gasteiger partial charge in [0.15, 0.2) is 5.15 Å². The second kappa shape index (κ2) is 3.19. The van der Waals surface area contributed by atoms with E-state index in [0.29, 0.717) is 5.69 Å². The lowest BCUT2D eigenvalue weighted by atomic mass is 10.3. The number of alkyl halides is 1. The van der Waals surface area contributed by atoms with Crippen LogP contribution in [-0.2, 0) is 7.05 Å². The molecule has 0 aliphatic heterocycles. The highest BCUT2D eigenvalue weighted by Gasteiger charge is 2.15. The molecule has 62 valence electrons. The van der Waals surface area contributed by atoms with Gasteiger partial charge < -0.3 is 9.67 Å². The molecule has 5 heteroatoms. The zero-order valence-electron chi connectivity index (χ0n) is 5.96. The van der Waals surface area contributed by atoms with Crippen LogP contribution in [0.2, 0.25) is 5.15 Å². The van der Waals surface area contributed by atoms with Crippen molar-refractivity contribution in [2.75, 3.05) is 6.67 Å². The Morgan fingerprint density at radius 3 is 2.91 bits per heavy atom. The number of imidazole rings is 1. The van der Waals surface area contributed by atoms with Gasteiger partial charge in [-0.2, -0.15) is 0 Å². The highest BCUT2D eigenvalue weighted by molar-refractivity contribution is 6.30. The van der Waals surface area contributed by atoms with Crippen LogP contribution in [0.25, 0.3) is 0 Å². The molecular weight excluding hydrogens is 171 g/mol. The van der Waals surface area contributed by atoms with Gasteiger partial charge in [0, 0.05) is 7.05 Å². The molecule has 0 saturated heterocycles. The molecule has 0 radical (unpaired) electrons. The van der Waals surface area contributed by atoms with Crippen LogP contribution >= 0.6 is 11.6 Å². The van der Waals surface area contributed by atoms with E-state index < -0.39 is 12.8 Å². The molecule has 3 nitrogen and oxygen atoms in total. The summed E-state index contributed by atoms with van der Waals surface area (Å²) in [6.07, 6.45) is 0.256. The van der Waals surface area contributed by atoms with Crippen LogP contribution in [0.1, 0.15) is 11.8 Å². The lowest BCUT2D eigenvalue weighted by Gasteiger charge is -2.06. The van der Waals surface area contributed by atoms with Gasteiger partial charge >= 0.3 is 0 Å². The fourth-order valence-corrected chi connectivity index (χ4v) is 1.16. The van der Waals surface area contributed by atoms with Gasteiger partial charge in [-0.25, -0.2) is 9.37 Å². The third-order valence-corrected chi connectivity index (χ3v) is 1.69. The second-order valence-corrected chi connectivity index (χ2v) is 2.56. The Morgan fingerprint density at radius 2 is 2.55 bits per heavy atom. The smallest absolute Gasteiger partial charge is 0.153 e. The van der Waals surface area contributed by atoms with E-state index in [2.05, 4.69) is 4.98 Å². The van der Waals surface area contributed by atoms with Crippen molar-refractivity contribution >= 4 is 11.6 Å². The number of nitrogens with zero attached hydrogens (tertiary/aromatic N) is 2. The average molecular weight is 179 g/mol. The van der Waals surface area contributed by atoms with E-state index in [4.69, 9.17) is 16.7 Å². The lowest BCUT2D eigenvalue weighted by molar-refractivity contribution is 0.134. The summed E-state index contributed by atoms with van der Waals surface area (Å²) in [7, 11) is 1.65. The minimum atomic E-state index is -1.17. The molecule has 1 N–H and O–H groups in total. The highest BCUT2D eigenvalue weighted by Crippen LogP contribution is 2.20. The van der Waals surface area contributed by atoms with Gasteiger partial charge in [-0.05, 0) is 0 Å². The quantitative estimate of drug-likeness (QED) is 0.736. The third kappa shape index (κ3) is 1.52. The van der Waals surface area contributed by atoms with Crippen molar-refractivity contribution in [2.24, 2.45) is 7.05 Å². The van der Waals surface area contributed by atoms with E-state index in [1.165, 1.54) is 10.9 Å². The summed E-state index contributed by atoms with van der Waals surface area (Å²) >= 11 is 5.56. The maximum absolute atomic E-state index is 12.0. The molecule has 0 aromatic carbocycles. The number of rotatable bonds is 2. The summed E-state index contributed by atoms with van der Waals surface area (Å²) in [5, 5.41) is 9.21. The number of hydrogen-bond donors (Lipinski definition) is 1. The van der Waals surface area contributed by atoms with Crippen molar-refractivity contribution in [3.63, 3.8) is 0 Å². The number of aryl methyl sites for hydroxylation is 1. The van der Waals surface area contributed by atoms with E-state index in [-0.39, 0.29) is 5.15 Å². The largest absolute Gasteiger partial charge is 0.384 e. The van der Waals surface area contributed by atoms with Crippen molar-refractivity contribution < 1.29 is 9.50 Å². The van der Waals surface area contributed by atoms with Gasteiger partial charge in [0.1, 0.15) is 12.8 Å². The van der Waals surface area contributed by atoms with Gasteiger partial charge in [-0.15, -0.1) is 0 Å². The summed E-state index contributed by atoms with van der Waals surface area (Å²) in [5.41, 5.74) is 0.314. The molecule has 1 heterocycles. The predicted molar refractivity (Wildman–Crippen MR) is 39.2 cm³/mol. The maximum Gasteiger partial charge on any atom is 0.153 e. The number of aliphatic hydroxyl groups is 1. The maximum atomic E-state index is 12.0. The Hall–Kier alpha value is -0.610. The molecule has 0 saturated carbocycles. The van der Waals surface area contributed by atoms with Gasteiger partial charge in [-0.3, -0.25) is 0 Å². The van der Waals surface area contributed by atoms with Crippen LogP contribution < -0.4 is 0 Å². The molecule has 0 spiro atoms. The summed E-state index contributed by atoms with van der Waals surface area (Å²) in [6, 6.07) is 0. The van der Waals surface area contributed by atoms with Crippen LogP contribution in [0.4, 0.5) is 4.39 Å². The molecule has 0 bridgehead atoms. The molecule has 0 aliphatic carbocycles. The lowest BCUT2D eigenvalue weighted by Crippen LogP contribution is -2.05. The van der Waals surface area contributed by atoms with Crippen molar-refractivity contribution in [3.05, 3.63) is 17.2 Å². The molecule has 1 aromatic heterocycles. The summed E-state index contributed by atoms with van der Waals surface area (Å²) < 4.78 is 13.5. The van der Waals surface area contributed by atoms with Crippen molar-refractivity contribution in [2.45, 2.75) is 6.10 Å². The van der Waals surface area contributed by atoms with Gasteiger partial charge in [-0.1, -0.05) is 11.6 Å². The monoisotopic (exact) mass is 178 g/mol. The van der Waals surface area contributed by atoms with E-state index in [1.807, 2.05) is 0 Å². The number of hydrogen-bond acceptors (Lipinski definition) is 2. The zero-order valence-corrected chi connectivity index (χ0v) is 6.72. The van der Waals surface area contributed by atoms with Crippen LogP contribution in [0.3, 0.4) is 0 Å². The Morgan fingerprint density at radius 1 is 1.91 bits per heavy atom. The Labute approximate surface area is 68.4 Å².